The Hall–Kier alpha value is -1.40. The van der Waals surface area contributed by atoms with Crippen LogP contribution in [0.4, 0.5) is 5.00 Å². The van der Waals surface area contributed by atoms with Gasteiger partial charge in [0, 0.05) is 12.0 Å². The highest BCUT2D eigenvalue weighted by Crippen LogP contribution is 2.38. The van der Waals surface area contributed by atoms with Crippen LogP contribution in [-0.4, -0.2) is 31.7 Å². The summed E-state index contributed by atoms with van der Waals surface area (Å²) in [5, 5.41) is 3.37. The van der Waals surface area contributed by atoms with Gasteiger partial charge in [-0.2, -0.15) is 0 Å². The van der Waals surface area contributed by atoms with Gasteiger partial charge in [0.2, 0.25) is 0 Å². The molecule has 1 heterocycles. The summed E-state index contributed by atoms with van der Waals surface area (Å²) in [6.07, 6.45) is 3.84. The Balaban J connectivity index is 2.32. The van der Waals surface area contributed by atoms with E-state index in [1.807, 2.05) is 13.8 Å². The third-order valence-electron chi connectivity index (χ3n) is 3.25. The molecule has 116 valence electrons. The number of carbonyl (C=O) groups excluding carboxylic acids is 2. The largest absolute Gasteiger partial charge is 0.459 e. The van der Waals surface area contributed by atoms with Crippen LogP contribution in [0, 0.1) is 0 Å². The summed E-state index contributed by atoms with van der Waals surface area (Å²) in [4.78, 5) is 25.3. The number of amides is 1. The summed E-state index contributed by atoms with van der Waals surface area (Å²) in [7, 11) is 1.47. The predicted octanol–water partition coefficient (Wildman–Crippen LogP) is 2.78. The first-order valence-corrected chi connectivity index (χ1v) is 7.99. The molecule has 0 fully saturated rings. The van der Waals surface area contributed by atoms with E-state index in [0.29, 0.717) is 10.6 Å². The minimum Gasteiger partial charge on any atom is -0.459 e. The number of ether oxygens (including phenoxy) is 2. The highest BCUT2D eigenvalue weighted by atomic mass is 32.1. The van der Waals surface area contributed by atoms with E-state index in [1.165, 1.54) is 23.3 Å². The Kier molecular flexibility index (Phi) is 5.36. The fourth-order valence-electron chi connectivity index (χ4n) is 2.44. The molecule has 0 saturated carbocycles. The zero-order valence-corrected chi connectivity index (χ0v) is 13.5. The van der Waals surface area contributed by atoms with Gasteiger partial charge in [-0.1, -0.05) is 0 Å². The average Bonchev–Trinajstić information content (AvgIpc) is 2.75. The van der Waals surface area contributed by atoms with Gasteiger partial charge in [0.1, 0.15) is 11.6 Å². The SMILES string of the molecule is COCC(=O)Nc1sc2c(c1C(=O)OC(C)C)CCCC2. The second-order valence-electron chi connectivity index (χ2n) is 5.35. The van der Waals surface area contributed by atoms with Gasteiger partial charge in [-0.05, 0) is 45.1 Å². The van der Waals surface area contributed by atoms with E-state index in [1.54, 1.807) is 0 Å². The number of aryl methyl sites for hydroxylation is 1. The third-order valence-corrected chi connectivity index (χ3v) is 4.45. The van der Waals surface area contributed by atoms with E-state index in [2.05, 4.69) is 5.32 Å². The quantitative estimate of drug-likeness (QED) is 0.849. The first-order valence-electron chi connectivity index (χ1n) is 7.17. The number of anilines is 1. The van der Waals surface area contributed by atoms with Gasteiger partial charge in [-0.3, -0.25) is 4.79 Å². The van der Waals surface area contributed by atoms with E-state index < -0.39 is 0 Å². The van der Waals surface area contributed by atoms with Crippen LogP contribution < -0.4 is 5.32 Å². The van der Waals surface area contributed by atoms with Gasteiger partial charge >= 0.3 is 5.97 Å². The molecule has 1 aromatic rings. The highest BCUT2D eigenvalue weighted by Gasteiger charge is 2.27. The van der Waals surface area contributed by atoms with E-state index in [4.69, 9.17) is 9.47 Å². The lowest BCUT2D eigenvalue weighted by Gasteiger charge is -2.14. The van der Waals surface area contributed by atoms with Crippen LogP contribution in [-0.2, 0) is 27.1 Å². The molecule has 6 heteroatoms. The van der Waals surface area contributed by atoms with Crippen molar-refractivity contribution >= 4 is 28.2 Å². The maximum atomic E-state index is 12.4. The number of esters is 1. The standard InChI is InChI=1S/C15H21NO4S/c1-9(2)20-15(18)13-10-6-4-5-7-11(10)21-14(13)16-12(17)8-19-3/h9H,4-8H2,1-3H3,(H,16,17). The fourth-order valence-corrected chi connectivity index (χ4v) is 3.73. The molecular formula is C15H21NO4S. The molecule has 0 aliphatic heterocycles. The molecule has 0 radical (unpaired) electrons. The van der Waals surface area contributed by atoms with Crippen molar-refractivity contribution in [2.24, 2.45) is 0 Å². The Morgan fingerprint density at radius 2 is 2.00 bits per heavy atom. The van der Waals surface area contributed by atoms with Gasteiger partial charge in [-0.15, -0.1) is 11.3 Å². The second-order valence-corrected chi connectivity index (χ2v) is 6.46. The number of carbonyl (C=O) groups is 2. The second kappa shape index (κ2) is 7.04. The lowest BCUT2D eigenvalue weighted by molar-refractivity contribution is -0.119. The van der Waals surface area contributed by atoms with Gasteiger partial charge in [-0.25, -0.2) is 4.79 Å². The number of hydrogen-bond donors (Lipinski definition) is 1. The van der Waals surface area contributed by atoms with Gasteiger partial charge in [0.25, 0.3) is 5.91 Å². The van der Waals surface area contributed by atoms with Crippen LogP contribution in [0.1, 0.15) is 47.5 Å². The first-order chi connectivity index (χ1) is 10.0. The summed E-state index contributed by atoms with van der Waals surface area (Å²) in [6.45, 7) is 3.61. The Labute approximate surface area is 128 Å². The van der Waals surface area contributed by atoms with Crippen molar-refractivity contribution in [1.29, 1.82) is 0 Å². The van der Waals surface area contributed by atoms with E-state index >= 15 is 0 Å². The monoisotopic (exact) mass is 311 g/mol. The maximum Gasteiger partial charge on any atom is 0.341 e. The third kappa shape index (κ3) is 3.83. The van der Waals surface area contributed by atoms with Crippen LogP contribution in [0.5, 0.6) is 0 Å². The predicted molar refractivity (Wildman–Crippen MR) is 82.0 cm³/mol. The minimum absolute atomic E-state index is 0.0266. The van der Waals surface area contributed by atoms with Crippen molar-refractivity contribution in [3.8, 4) is 0 Å². The fraction of sp³-hybridized carbons (Fsp3) is 0.600. The molecule has 0 bridgehead atoms. The molecule has 1 aliphatic rings. The van der Waals surface area contributed by atoms with Crippen molar-refractivity contribution in [2.45, 2.75) is 45.6 Å². The zero-order valence-electron chi connectivity index (χ0n) is 12.7. The zero-order chi connectivity index (χ0) is 15.4. The molecule has 1 aromatic heterocycles. The summed E-state index contributed by atoms with van der Waals surface area (Å²) >= 11 is 1.48. The minimum atomic E-state index is -0.350. The van der Waals surface area contributed by atoms with Crippen molar-refractivity contribution in [3.63, 3.8) is 0 Å². The van der Waals surface area contributed by atoms with Gasteiger partial charge in [0.15, 0.2) is 0 Å². The molecule has 0 spiro atoms. The van der Waals surface area contributed by atoms with Crippen LogP contribution >= 0.6 is 11.3 Å². The molecule has 1 amide bonds. The van der Waals surface area contributed by atoms with Crippen LogP contribution in [0.2, 0.25) is 0 Å². The molecule has 21 heavy (non-hydrogen) atoms. The number of nitrogens with one attached hydrogen (secondary N) is 1. The number of methoxy groups -OCH3 is 1. The number of thiophene rings is 1. The molecular weight excluding hydrogens is 290 g/mol. The molecule has 0 saturated heterocycles. The van der Waals surface area contributed by atoms with Gasteiger partial charge in [0.05, 0.1) is 11.7 Å². The van der Waals surface area contributed by atoms with Crippen molar-refractivity contribution in [3.05, 3.63) is 16.0 Å². The molecule has 0 aromatic carbocycles. The molecule has 1 N–H and O–H groups in total. The first kappa shape index (κ1) is 16.0. The number of hydrogen-bond acceptors (Lipinski definition) is 5. The summed E-state index contributed by atoms with van der Waals surface area (Å²) in [5.74, 6) is -0.605. The molecule has 0 atom stereocenters. The molecule has 2 rings (SSSR count). The van der Waals surface area contributed by atoms with E-state index in [9.17, 15) is 9.59 Å². The Morgan fingerprint density at radius 3 is 2.67 bits per heavy atom. The van der Waals surface area contributed by atoms with Crippen molar-refractivity contribution < 1.29 is 19.1 Å². The topological polar surface area (TPSA) is 64.6 Å². The lowest BCUT2D eigenvalue weighted by Crippen LogP contribution is -2.20. The maximum absolute atomic E-state index is 12.4. The normalized spacial score (nSPS) is 13.9. The Morgan fingerprint density at radius 1 is 1.29 bits per heavy atom. The van der Waals surface area contributed by atoms with Crippen LogP contribution in [0.3, 0.4) is 0 Å². The summed E-state index contributed by atoms with van der Waals surface area (Å²) in [5.41, 5.74) is 1.58. The summed E-state index contributed by atoms with van der Waals surface area (Å²) < 4.78 is 10.1. The average molecular weight is 311 g/mol. The number of fused-ring (bicyclic) bond motifs is 1. The summed E-state index contributed by atoms with van der Waals surface area (Å²) in [6, 6.07) is 0. The smallest absolute Gasteiger partial charge is 0.341 e. The molecule has 1 aliphatic carbocycles. The van der Waals surface area contributed by atoms with E-state index in [-0.39, 0.29) is 24.6 Å². The number of rotatable bonds is 5. The highest BCUT2D eigenvalue weighted by molar-refractivity contribution is 7.17. The lowest BCUT2D eigenvalue weighted by atomic mass is 9.95. The molecule has 5 nitrogen and oxygen atoms in total. The van der Waals surface area contributed by atoms with Crippen LogP contribution in [0.25, 0.3) is 0 Å². The molecule has 0 unspecified atom stereocenters. The Bertz CT molecular complexity index is 536. The van der Waals surface area contributed by atoms with Crippen molar-refractivity contribution in [1.82, 2.24) is 0 Å². The van der Waals surface area contributed by atoms with E-state index in [0.717, 1.165) is 31.2 Å². The van der Waals surface area contributed by atoms with Crippen molar-refractivity contribution in [2.75, 3.05) is 19.0 Å². The van der Waals surface area contributed by atoms with Gasteiger partial charge < -0.3 is 14.8 Å². The van der Waals surface area contributed by atoms with Crippen LogP contribution in [0.15, 0.2) is 0 Å².